The summed E-state index contributed by atoms with van der Waals surface area (Å²) in [6.07, 6.45) is 7.01. The van der Waals surface area contributed by atoms with Gasteiger partial charge in [-0.15, -0.1) is 0 Å². The maximum atomic E-state index is 9.42. The van der Waals surface area contributed by atoms with Crippen LogP contribution in [0.25, 0.3) is 0 Å². The number of rotatable bonds is 2. The molecule has 3 unspecified atom stereocenters. The minimum atomic E-state index is -0.280. The molecule has 1 N–H and O–H groups in total. The zero-order valence-electron chi connectivity index (χ0n) is 8.12. The fourth-order valence-corrected chi connectivity index (χ4v) is 1.41. The van der Waals surface area contributed by atoms with E-state index in [4.69, 9.17) is 0 Å². The van der Waals surface area contributed by atoms with Gasteiger partial charge in [0, 0.05) is 5.92 Å². The number of hydrogen-bond donors (Lipinski definition) is 1. The summed E-state index contributed by atoms with van der Waals surface area (Å²) in [5.41, 5.74) is 1.37. The van der Waals surface area contributed by atoms with E-state index in [2.05, 4.69) is 32.9 Å². The van der Waals surface area contributed by atoms with E-state index in [9.17, 15) is 5.11 Å². The molecule has 0 aromatic rings. The molecular weight excluding hydrogens is 148 g/mol. The van der Waals surface area contributed by atoms with Gasteiger partial charge in [-0.2, -0.15) is 0 Å². The molecule has 0 bridgehead atoms. The van der Waals surface area contributed by atoms with Crippen LogP contribution in [0.1, 0.15) is 27.2 Å². The SMILES string of the molecule is CCC(C)C1=CC(C)C(O)C=C1. The predicted octanol–water partition coefficient (Wildman–Crippen LogP) is 2.53. The number of aliphatic hydroxyl groups is 1. The summed E-state index contributed by atoms with van der Waals surface area (Å²) in [4.78, 5) is 0. The largest absolute Gasteiger partial charge is 0.388 e. The van der Waals surface area contributed by atoms with E-state index in [1.165, 1.54) is 12.0 Å². The third-order valence-electron chi connectivity index (χ3n) is 2.66. The van der Waals surface area contributed by atoms with Gasteiger partial charge in [-0.05, 0) is 17.9 Å². The molecule has 0 fully saturated rings. The molecule has 0 aromatic carbocycles. The average molecular weight is 166 g/mol. The van der Waals surface area contributed by atoms with Crippen LogP contribution in [0.5, 0.6) is 0 Å². The van der Waals surface area contributed by atoms with Crippen LogP contribution in [0.4, 0.5) is 0 Å². The van der Waals surface area contributed by atoms with Gasteiger partial charge in [0.1, 0.15) is 0 Å². The molecule has 1 rings (SSSR count). The Hall–Kier alpha value is -0.560. The lowest BCUT2D eigenvalue weighted by Crippen LogP contribution is -2.17. The third-order valence-corrected chi connectivity index (χ3v) is 2.66. The molecule has 1 heteroatoms. The number of hydrogen-bond acceptors (Lipinski definition) is 1. The fourth-order valence-electron chi connectivity index (χ4n) is 1.41. The molecule has 0 saturated carbocycles. The Morgan fingerprint density at radius 2 is 2.25 bits per heavy atom. The molecule has 0 aromatic heterocycles. The van der Waals surface area contributed by atoms with Crippen LogP contribution in [0.3, 0.4) is 0 Å². The van der Waals surface area contributed by atoms with Crippen molar-refractivity contribution < 1.29 is 5.11 Å². The second-order valence-corrected chi connectivity index (χ2v) is 3.68. The topological polar surface area (TPSA) is 20.2 Å². The van der Waals surface area contributed by atoms with E-state index in [0.29, 0.717) is 5.92 Å². The van der Waals surface area contributed by atoms with Gasteiger partial charge in [0.2, 0.25) is 0 Å². The molecule has 0 heterocycles. The third kappa shape index (κ3) is 1.98. The van der Waals surface area contributed by atoms with Crippen molar-refractivity contribution in [3.8, 4) is 0 Å². The van der Waals surface area contributed by atoms with Gasteiger partial charge in [-0.3, -0.25) is 0 Å². The highest BCUT2D eigenvalue weighted by Gasteiger charge is 2.15. The monoisotopic (exact) mass is 166 g/mol. The van der Waals surface area contributed by atoms with Crippen molar-refractivity contribution in [3.05, 3.63) is 23.8 Å². The van der Waals surface area contributed by atoms with Crippen molar-refractivity contribution >= 4 is 0 Å². The van der Waals surface area contributed by atoms with Crippen LogP contribution in [0.15, 0.2) is 23.8 Å². The van der Waals surface area contributed by atoms with Crippen LogP contribution >= 0.6 is 0 Å². The Morgan fingerprint density at radius 3 is 2.75 bits per heavy atom. The van der Waals surface area contributed by atoms with E-state index < -0.39 is 0 Å². The molecule has 0 aliphatic heterocycles. The van der Waals surface area contributed by atoms with Crippen molar-refractivity contribution in [2.24, 2.45) is 11.8 Å². The first-order valence-corrected chi connectivity index (χ1v) is 4.73. The Balaban J connectivity index is 2.69. The molecular formula is C11H18O. The molecule has 3 atom stereocenters. The molecule has 1 aliphatic rings. The molecule has 68 valence electrons. The lowest BCUT2D eigenvalue weighted by molar-refractivity contribution is 0.182. The molecule has 12 heavy (non-hydrogen) atoms. The lowest BCUT2D eigenvalue weighted by atomic mass is 9.88. The lowest BCUT2D eigenvalue weighted by Gasteiger charge is -2.21. The van der Waals surface area contributed by atoms with Gasteiger partial charge >= 0.3 is 0 Å². The summed E-state index contributed by atoms with van der Waals surface area (Å²) < 4.78 is 0. The van der Waals surface area contributed by atoms with Gasteiger partial charge in [0.05, 0.1) is 6.10 Å². The smallest absolute Gasteiger partial charge is 0.0784 e. The maximum Gasteiger partial charge on any atom is 0.0784 e. The highest BCUT2D eigenvalue weighted by molar-refractivity contribution is 5.27. The Bertz CT molecular complexity index is 203. The van der Waals surface area contributed by atoms with Crippen LogP contribution in [0, 0.1) is 11.8 Å². The first-order valence-electron chi connectivity index (χ1n) is 4.73. The zero-order chi connectivity index (χ0) is 9.14. The standard InChI is InChI=1S/C11H18O/c1-4-8(2)10-5-6-11(12)9(3)7-10/h5-9,11-12H,4H2,1-3H3. The molecule has 1 aliphatic carbocycles. The van der Waals surface area contributed by atoms with Crippen LogP contribution < -0.4 is 0 Å². The fraction of sp³-hybridized carbons (Fsp3) is 0.636. The Labute approximate surface area is 74.8 Å². The maximum absolute atomic E-state index is 9.42. The number of allylic oxidation sites excluding steroid dienone is 2. The van der Waals surface area contributed by atoms with Gasteiger partial charge in [-0.1, -0.05) is 39.0 Å². The molecule has 0 amide bonds. The quantitative estimate of drug-likeness (QED) is 0.668. The molecule has 0 spiro atoms. The van der Waals surface area contributed by atoms with E-state index in [1.807, 2.05) is 6.08 Å². The zero-order valence-corrected chi connectivity index (χ0v) is 8.12. The summed E-state index contributed by atoms with van der Waals surface area (Å²) in [5, 5.41) is 9.42. The summed E-state index contributed by atoms with van der Waals surface area (Å²) in [6.45, 7) is 6.46. The van der Waals surface area contributed by atoms with Crippen LogP contribution in [-0.2, 0) is 0 Å². The van der Waals surface area contributed by atoms with Gasteiger partial charge in [0.15, 0.2) is 0 Å². The van der Waals surface area contributed by atoms with Crippen molar-refractivity contribution in [1.29, 1.82) is 0 Å². The van der Waals surface area contributed by atoms with Crippen molar-refractivity contribution in [3.63, 3.8) is 0 Å². The van der Waals surface area contributed by atoms with E-state index in [1.54, 1.807) is 0 Å². The molecule has 0 radical (unpaired) electrons. The second-order valence-electron chi connectivity index (χ2n) is 3.68. The van der Waals surface area contributed by atoms with E-state index >= 15 is 0 Å². The van der Waals surface area contributed by atoms with Crippen LogP contribution in [-0.4, -0.2) is 11.2 Å². The van der Waals surface area contributed by atoms with Gasteiger partial charge < -0.3 is 5.11 Å². The average Bonchev–Trinajstić information content (AvgIpc) is 2.08. The van der Waals surface area contributed by atoms with Crippen molar-refractivity contribution in [2.45, 2.75) is 33.3 Å². The highest BCUT2D eigenvalue weighted by atomic mass is 16.3. The number of aliphatic hydroxyl groups excluding tert-OH is 1. The van der Waals surface area contributed by atoms with E-state index in [0.717, 1.165) is 0 Å². The molecule has 1 nitrogen and oxygen atoms in total. The summed E-state index contributed by atoms with van der Waals surface area (Å²) in [5.74, 6) is 0.898. The minimum Gasteiger partial charge on any atom is -0.388 e. The predicted molar refractivity (Wildman–Crippen MR) is 51.8 cm³/mol. The van der Waals surface area contributed by atoms with E-state index in [-0.39, 0.29) is 12.0 Å². The second kappa shape index (κ2) is 3.90. The van der Waals surface area contributed by atoms with Gasteiger partial charge in [-0.25, -0.2) is 0 Å². The Kier molecular flexibility index (Phi) is 3.10. The highest BCUT2D eigenvalue weighted by Crippen LogP contribution is 2.23. The minimum absolute atomic E-state index is 0.277. The Morgan fingerprint density at radius 1 is 1.58 bits per heavy atom. The first-order chi connectivity index (χ1) is 5.65. The molecule has 0 saturated heterocycles. The first kappa shape index (κ1) is 9.53. The van der Waals surface area contributed by atoms with Crippen molar-refractivity contribution in [1.82, 2.24) is 0 Å². The summed E-state index contributed by atoms with van der Waals surface area (Å²) in [7, 11) is 0. The summed E-state index contributed by atoms with van der Waals surface area (Å²) in [6, 6.07) is 0. The normalized spacial score (nSPS) is 31.5. The van der Waals surface area contributed by atoms with Crippen molar-refractivity contribution in [2.75, 3.05) is 0 Å². The summed E-state index contributed by atoms with van der Waals surface area (Å²) >= 11 is 0. The van der Waals surface area contributed by atoms with Crippen LogP contribution in [0.2, 0.25) is 0 Å². The van der Waals surface area contributed by atoms with Gasteiger partial charge in [0.25, 0.3) is 0 Å².